The minimum Gasteiger partial charge on any atom is -0.464 e. The fraction of sp³-hybridized carbons (Fsp3) is 0.611. The fourth-order valence-electron chi connectivity index (χ4n) is 2.29. The molecule has 1 atom stereocenters. The van der Waals surface area contributed by atoms with E-state index in [1.165, 1.54) is 38.5 Å². The second kappa shape index (κ2) is 13.6. The van der Waals surface area contributed by atoms with Gasteiger partial charge in [-0.3, -0.25) is 0 Å². The van der Waals surface area contributed by atoms with Crippen LogP contribution in [0.4, 0.5) is 0 Å². The zero-order valence-electron chi connectivity index (χ0n) is 13.6. The summed E-state index contributed by atoms with van der Waals surface area (Å²) in [7, 11) is 0. The van der Waals surface area contributed by atoms with Gasteiger partial charge in [-0.25, -0.2) is 4.79 Å². The Hall–Kier alpha value is -1.06. The van der Waals surface area contributed by atoms with E-state index in [1.54, 1.807) is 0 Å². The number of nitrogens with two attached hydrogens (primary N) is 1. The molecule has 0 spiro atoms. The molecule has 0 aliphatic rings. The first-order chi connectivity index (χ1) is 10.3. The van der Waals surface area contributed by atoms with Crippen molar-refractivity contribution in [3.8, 4) is 0 Å². The van der Waals surface area contributed by atoms with Crippen LogP contribution in [0.1, 0.15) is 69.9 Å². The minimum absolute atomic E-state index is 0. The number of esters is 1. The Balaban J connectivity index is 0.00000441. The lowest BCUT2D eigenvalue weighted by Gasteiger charge is -2.11. The molecule has 3 nitrogen and oxygen atoms in total. The molecule has 126 valence electrons. The maximum Gasteiger partial charge on any atom is 0.327 e. The second-order valence-electron chi connectivity index (χ2n) is 5.53. The van der Waals surface area contributed by atoms with E-state index >= 15 is 0 Å². The van der Waals surface area contributed by atoms with E-state index in [9.17, 15) is 4.79 Å². The number of ether oxygens (including phenoxy) is 1. The van der Waals surface area contributed by atoms with Gasteiger partial charge >= 0.3 is 5.97 Å². The number of rotatable bonds is 11. The summed E-state index contributed by atoms with van der Waals surface area (Å²) in [4.78, 5) is 11.8. The Kier molecular flexibility index (Phi) is 12.9. The number of unbranched alkanes of at least 4 members (excludes halogenated alkanes) is 7. The summed E-state index contributed by atoms with van der Waals surface area (Å²) >= 11 is 0. The third-order valence-electron chi connectivity index (χ3n) is 3.65. The molecule has 0 saturated heterocycles. The second-order valence-corrected chi connectivity index (χ2v) is 5.53. The summed E-state index contributed by atoms with van der Waals surface area (Å²) in [5, 5.41) is 0. The molecule has 0 aliphatic heterocycles. The number of hydrogen-bond donors (Lipinski definition) is 1. The molecule has 0 fully saturated rings. The van der Waals surface area contributed by atoms with E-state index in [0.29, 0.717) is 6.61 Å². The molecule has 1 unspecified atom stereocenters. The number of hydrogen-bond acceptors (Lipinski definition) is 3. The average Bonchev–Trinajstić information content (AvgIpc) is 2.53. The summed E-state index contributed by atoms with van der Waals surface area (Å²) in [5.74, 6) is -0.329. The van der Waals surface area contributed by atoms with Crippen LogP contribution >= 0.6 is 12.4 Å². The van der Waals surface area contributed by atoms with Gasteiger partial charge < -0.3 is 10.5 Å². The predicted molar refractivity (Wildman–Crippen MR) is 94.2 cm³/mol. The van der Waals surface area contributed by atoms with Gasteiger partial charge in [0.05, 0.1) is 6.61 Å². The molecule has 0 saturated carbocycles. The van der Waals surface area contributed by atoms with Gasteiger partial charge in [0.25, 0.3) is 0 Å². The van der Waals surface area contributed by atoms with Gasteiger partial charge in [-0.1, -0.05) is 82.2 Å². The van der Waals surface area contributed by atoms with Crippen molar-refractivity contribution >= 4 is 18.4 Å². The fourth-order valence-corrected chi connectivity index (χ4v) is 2.29. The minimum atomic E-state index is -0.666. The summed E-state index contributed by atoms with van der Waals surface area (Å²) in [6.07, 6.45) is 9.88. The van der Waals surface area contributed by atoms with Gasteiger partial charge in [0, 0.05) is 0 Å². The zero-order valence-corrected chi connectivity index (χ0v) is 14.4. The van der Waals surface area contributed by atoms with Crippen molar-refractivity contribution in [1.82, 2.24) is 0 Å². The normalized spacial score (nSPS) is 11.5. The highest BCUT2D eigenvalue weighted by molar-refractivity contribution is 5.85. The Morgan fingerprint density at radius 1 is 1.00 bits per heavy atom. The van der Waals surface area contributed by atoms with Gasteiger partial charge in [0.1, 0.15) is 6.04 Å². The third kappa shape index (κ3) is 9.06. The van der Waals surface area contributed by atoms with Gasteiger partial charge in [-0.05, 0) is 12.0 Å². The van der Waals surface area contributed by atoms with Crippen molar-refractivity contribution in [2.75, 3.05) is 6.61 Å². The maximum atomic E-state index is 11.8. The van der Waals surface area contributed by atoms with Crippen LogP contribution in [-0.4, -0.2) is 12.6 Å². The summed E-state index contributed by atoms with van der Waals surface area (Å²) < 4.78 is 5.24. The molecule has 0 bridgehead atoms. The summed E-state index contributed by atoms with van der Waals surface area (Å²) in [6, 6.07) is 8.69. The average molecular weight is 328 g/mol. The highest BCUT2D eigenvalue weighted by Crippen LogP contribution is 2.12. The van der Waals surface area contributed by atoms with E-state index < -0.39 is 6.04 Å². The number of carbonyl (C=O) groups is 1. The maximum absolute atomic E-state index is 11.8. The number of benzene rings is 1. The molecule has 1 aromatic carbocycles. The molecule has 22 heavy (non-hydrogen) atoms. The Bertz CT molecular complexity index is 384. The van der Waals surface area contributed by atoms with Crippen molar-refractivity contribution in [2.45, 2.75) is 64.3 Å². The van der Waals surface area contributed by atoms with Crippen LogP contribution in [0, 0.1) is 0 Å². The van der Waals surface area contributed by atoms with E-state index in [4.69, 9.17) is 10.5 Å². The molecule has 0 amide bonds. The van der Waals surface area contributed by atoms with E-state index in [-0.39, 0.29) is 18.4 Å². The van der Waals surface area contributed by atoms with Gasteiger partial charge in [0.15, 0.2) is 0 Å². The first kappa shape index (κ1) is 20.9. The molecule has 1 aromatic rings. The molecule has 4 heteroatoms. The highest BCUT2D eigenvalue weighted by atomic mass is 35.5. The van der Waals surface area contributed by atoms with Crippen LogP contribution in [0.15, 0.2) is 30.3 Å². The number of halogens is 1. The van der Waals surface area contributed by atoms with Crippen molar-refractivity contribution in [1.29, 1.82) is 0 Å². The topological polar surface area (TPSA) is 52.3 Å². The molecule has 0 heterocycles. The van der Waals surface area contributed by atoms with Crippen LogP contribution in [-0.2, 0) is 9.53 Å². The van der Waals surface area contributed by atoms with Gasteiger partial charge in [0.2, 0.25) is 0 Å². The largest absolute Gasteiger partial charge is 0.464 e. The third-order valence-corrected chi connectivity index (χ3v) is 3.65. The van der Waals surface area contributed by atoms with E-state index in [0.717, 1.165) is 18.4 Å². The quantitative estimate of drug-likeness (QED) is 0.469. The Morgan fingerprint density at radius 3 is 2.14 bits per heavy atom. The van der Waals surface area contributed by atoms with E-state index in [1.807, 2.05) is 30.3 Å². The smallest absolute Gasteiger partial charge is 0.327 e. The molecule has 0 aliphatic carbocycles. The van der Waals surface area contributed by atoms with Crippen LogP contribution in [0.2, 0.25) is 0 Å². The predicted octanol–water partition coefficient (Wildman–Crippen LogP) is 4.79. The van der Waals surface area contributed by atoms with Crippen LogP contribution in [0.25, 0.3) is 0 Å². The molecular formula is C18H30ClNO2. The van der Waals surface area contributed by atoms with Gasteiger partial charge in [-0.15, -0.1) is 12.4 Å². The van der Waals surface area contributed by atoms with Crippen molar-refractivity contribution in [2.24, 2.45) is 5.73 Å². The lowest BCUT2D eigenvalue weighted by atomic mass is 10.1. The van der Waals surface area contributed by atoms with Crippen LogP contribution in [0.5, 0.6) is 0 Å². The zero-order chi connectivity index (χ0) is 15.3. The SMILES string of the molecule is CCCCCCCCCCOC(=O)C(N)c1ccccc1.Cl. The molecule has 0 radical (unpaired) electrons. The molecular weight excluding hydrogens is 298 g/mol. The van der Waals surface area contributed by atoms with E-state index in [2.05, 4.69) is 6.92 Å². The highest BCUT2D eigenvalue weighted by Gasteiger charge is 2.16. The molecule has 1 rings (SSSR count). The lowest BCUT2D eigenvalue weighted by Crippen LogP contribution is -2.24. The lowest BCUT2D eigenvalue weighted by molar-refractivity contribution is -0.145. The first-order valence-electron chi connectivity index (χ1n) is 8.23. The Morgan fingerprint density at radius 2 is 1.55 bits per heavy atom. The van der Waals surface area contributed by atoms with Crippen molar-refractivity contribution in [3.05, 3.63) is 35.9 Å². The first-order valence-corrected chi connectivity index (χ1v) is 8.23. The van der Waals surface area contributed by atoms with Crippen molar-refractivity contribution in [3.63, 3.8) is 0 Å². The summed E-state index contributed by atoms with van der Waals surface area (Å²) in [5.41, 5.74) is 6.68. The standard InChI is InChI=1S/C18H29NO2.ClH/c1-2-3-4-5-6-7-8-12-15-21-18(20)17(19)16-13-10-9-11-14-16;/h9-11,13-14,17H,2-8,12,15,19H2,1H3;1H. The number of carbonyl (C=O) groups excluding carboxylic acids is 1. The summed E-state index contributed by atoms with van der Waals surface area (Å²) in [6.45, 7) is 2.71. The van der Waals surface area contributed by atoms with Crippen LogP contribution < -0.4 is 5.73 Å². The Labute approximate surface area is 141 Å². The van der Waals surface area contributed by atoms with Crippen molar-refractivity contribution < 1.29 is 9.53 Å². The van der Waals surface area contributed by atoms with Gasteiger partial charge in [-0.2, -0.15) is 0 Å². The molecule has 0 aromatic heterocycles. The molecule has 2 N–H and O–H groups in total. The monoisotopic (exact) mass is 327 g/mol. The van der Waals surface area contributed by atoms with Crippen LogP contribution in [0.3, 0.4) is 0 Å².